The lowest BCUT2D eigenvalue weighted by Crippen LogP contribution is -2.24. The molecule has 5 heteroatoms. The molecule has 1 N–H and O–H groups in total. The number of nitrogens with one attached hydrogen (secondary N) is 1. The molecule has 1 atom stereocenters. The monoisotopic (exact) mass is 313 g/mol. The first-order valence-corrected chi connectivity index (χ1v) is 7.34. The van der Waals surface area contributed by atoms with Crippen LogP contribution in [0.25, 0.3) is 0 Å². The maximum Gasteiger partial charge on any atom is 0.130 e. The van der Waals surface area contributed by atoms with E-state index in [2.05, 4.69) is 10.3 Å². The summed E-state index contributed by atoms with van der Waals surface area (Å²) in [6.45, 7) is 0.551. The molecule has 0 unspecified atom stereocenters. The van der Waals surface area contributed by atoms with E-state index < -0.39 is 0 Å². The first kappa shape index (κ1) is 15.4. The van der Waals surface area contributed by atoms with Gasteiger partial charge in [-0.3, -0.25) is 5.32 Å². The molecule has 0 spiro atoms. The molecular formula is C18H17F2N3. The fraction of sp³-hybridized carbons (Fsp3) is 0.167. The second kappa shape index (κ2) is 6.71. The highest BCUT2D eigenvalue weighted by Gasteiger charge is 2.17. The van der Waals surface area contributed by atoms with E-state index in [9.17, 15) is 8.78 Å². The van der Waals surface area contributed by atoms with Gasteiger partial charge in [0.15, 0.2) is 0 Å². The van der Waals surface area contributed by atoms with Gasteiger partial charge in [-0.15, -0.1) is 0 Å². The molecule has 118 valence electrons. The number of aryl methyl sites for hydroxylation is 1. The molecule has 23 heavy (non-hydrogen) atoms. The lowest BCUT2D eigenvalue weighted by Gasteiger charge is -2.19. The minimum absolute atomic E-state index is 0.180. The Morgan fingerprint density at radius 3 is 2.17 bits per heavy atom. The van der Waals surface area contributed by atoms with E-state index in [1.807, 2.05) is 17.8 Å². The third-order valence-corrected chi connectivity index (χ3v) is 3.74. The van der Waals surface area contributed by atoms with Crippen LogP contribution in [0, 0.1) is 11.6 Å². The third-order valence-electron chi connectivity index (χ3n) is 3.74. The Labute approximate surface area is 133 Å². The number of hydrogen-bond acceptors (Lipinski definition) is 2. The van der Waals surface area contributed by atoms with E-state index in [-0.39, 0.29) is 17.7 Å². The van der Waals surface area contributed by atoms with Gasteiger partial charge in [-0.25, -0.2) is 13.8 Å². The van der Waals surface area contributed by atoms with Crippen molar-refractivity contribution in [1.29, 1.82) is 0 Å². The van der Waals surface area contributed by atoms with Crippen LogP contribution >= 0.6 is 0 Å². The van der Waals surface area contributed by atoms with Crippen LogP contribution in [0.1, 0.15) is 23.0 Å². The highest BCUT2D eigenvalue weighted by Crippen LogP contribution is 2.21. The van der Waals surface area contributed by atoms with Gasteiger partial charge < -0.3 is 4.57 Å². The molecule has 3 aromatic rings. The smallest absolute Gasteiger partial charge is 0.130 e. The summed E-state index contributed by atoms with van der Waals surface area (Å²) in [5.41, 5.74) is 1.88. The Morgan fingerprint density at radius 2 is 1.61 bits per heavy atom. The van der Waals surface area contributed by atoms with Gasteiger partial charge in [-0.2, -0.15) is 0 Å². The molecule has 3 nitrogen and oxygen atoms in total. The first-order chi connectivity index (χ1) is 11.1. The fourth-order valence-corrected chi connectivity index (χ4v) is 2.49. The van der Waals surface area contributed by atoms with Gasteiger partial charge in [0.05, 0.1) is 6.04 Å². The Balaban J connectivity index is 1.85. The molecule has 0 aliphatic rings. The number of imidazole rings is 1. The van der Waals surface area contributed by atoms with Crippen molar-refractivity contribution in [2.45, 2.75) is 12.6 Å². The maximum absolute atomic E-state index is 13.2. The van der Waals surface area contributed by atoms with Crippen molar-refractivity contribution in [1.82, 2.24) is 14.9 Å². The largest absolute Gasteiger partial charge is 0.336 e. The first-order valence-electron chi connectivity index (χ1n) is 7.34. The van der Waals surface area contributed by atoms with Crippen LogP contribution in [-0.2, 0) is 13.6 Å². The predicted molar refractivity (Wildman–Crippen MR) is 84.7 cm³/mol. The number of benzene rings is 2. The van der Waals surface area contributed by atoms with Crippen LogP contribution < -0.4 is 5.32 Å². The minimum Gasteiger partial charge on any atom is -0.336 e. The minimum atomic E-state index is -0.272. The summed E-state index contributed by atoms with van der Waals surface area (Å²) >= 11 is 0. The SMILES string of the molecule is Cn1ccnc1[C@H](NCc1ccc(F)cc1)c1ccc(F)cc1. The molecule has 0 bridgehead atoms. The molecular weight excluding hydrogens is 296 g/mol. The van der Waals surface area contributed by atoms with E-state index in [1.165, 1.54) is 24.3 Å². The van der Waals surface area contributed by atoms with Gasteiger partial charge in [-0.1, -0.05) is 24.3 Å². The van der Waals surface area contributed by atoms with Crippen LogP contribution in [0.4, 0.5) is 8.78 Å². The van der Waals surface area contributed by atoms with E-state index in [1.54, 1.807) is 30.5 Å². The Kier molecular flexibility index (Phi) is 4.48. The van der Waals surface area contributed by atoms with Gasteiger partial charge in [0.25, 0.3) is 0 Å². The summed E-state index contributed by atoms with van der Waals surface area (Å²) in [7, 11) is 1.92. The van der Waals surface area contributed by atoms with Gasteiger partial charge in [0.1, 0.15) is 17.5 Å². The summed E-state index contributed by atoms with van der Waals surface area (Å²) in [6.07, 6.45) is 3.59. The lowest BCUT2D eigenvalue weighted by atomic mass is 10.1. The van der Waals surface area contributed by atoms with Gasteiger partial charge in [0, 0.05) is 26.0 Å². The Morgan fingerprint density at radius 1 is 1.00 bits per heavy atom. The van der Waals surface area contributed by atoms with Crippen LogP contribution in [0.15, 0.2) is 60.9 Å². The second-order valence-corrected chi connectivity index (χ2v) is 5.39. The van der Waals surface area contributed by atoms with E-state index in [0.717, 1.165) is 17.0 Å². The zero-order valence-electron chi connectivity index (χ0n) is 12.7. The van der Waals surface area contributed by atoms with Crippen molar-refractivity contribution in [3.63, 3.8) is 0 Å². The molecule has 0 amide bonds. The number of nitrogens with zero attached hydrogens (tertiary/aromatic N) is 2. The average molecular weight is 313 g/mol. The number of aromatic nitrogens is 2. The highest BCUT2D eigenvalue weighted by atomic mass is 19.1. The second-order valence-electron chi connectivity index (χ2n) is 5.39. The van der Waals surface area contributed by atoms with Crippen molar-refractivity contribution in [3.05, 3.63) is 89.5 Å². The Hall–Kier alpha value is -2.53. The molecule has 0 saturated carbocycles. The molecule has 0 saturated heterocycles. The van der Waals surface area contributed by atoms with Gasteiger partial charge in [-0.05, 0) is 35.4 Å². The molecule has 0 aliphatic heterocycles. The standard InChI is InChI=1S/C18H17F2N3/c1-23-11-10-21-18(23)17(14-4-8-16(20)9-5-14)22-12-13-2-6-15(19)7-3-13/h2-11,17,22H,12H2,1H3/t17-/m1/s1. The number of halogens is 2. The summed E-state index contributed by atoms with van der Waals surface area (Å²) in [6, 6.07) is 12.5. The van der Waals surface area contributed by atoms with E-state index >= 15 is 0 Å². The van der Waals surface area contributed by atoms with Crippen LogP contribution in [0.5, 0.6) is 0 Å². The predicted octanol–water partition coefficient (Wildman–Crippen LogP) is 3.58. The fourth-order valence-electron chi connectivity index (χ4n) is 2.49. The van der Waals surface area contributed by atoms with Crippen molar-refractivity contribution in [3.8, 4) is 0 Å². The summed E-state index contributed by atoms with van der Waals surface area (Å²) in [5.74, 6) is 0.303. The van der Waals surface area contributed by atoms with Gasteiger partial charge >= 0.3 is 0 Å². The van der Waals surface area contributed by atoms with Crippen molar-refractivity contribution in [2.75, 3.05) is 0 Å². The quantitative estimate of drug-likeness (QED) is 0.780. The summed E-state index contributed by atoms with van der Waals surface area (Å²) in [4.78, 5) is 4.39. The highest BCUT2D eigenvalue weighted by molar-refractivity contribution is 5.26. The molecule has 3 rings (SSSR count). The normalized spacial score (nSPS) is 12.3. The zero-order chi connectivity index (χ0) is 16.2. The molecule has 0 fully saturated rings. The summed E-state index contributed by atoms with van der Waals surface area (Å²) < 4.78 is 28.1. The molecule has 0 radical (unpaired) electrons. The van der Waals surface area contributed by atoms with Crippen molar-refractivity contribution in [2.24, 2.45) is 7.05 Å². The average Bonchev–Trinajstić information content (AvgIpc) is 2.97. The van der Waals surface area contributed by atoms with Crippen LogP contribution in [-0.4, -0.2) is 9.55 Å². The molecule has 2 aromatic carbocycles. The molecule has 0 aliphatic carbocycles. The lowest BCUT2D eigenvalue weighted by molar-refractivity contribution is 0.554. The van der Waals surface area contributed by atoms with E-state index in [0.29, 0.717) is 6.54 Å². The van der Waals surface area contributed by atoms with E-state index in [4.69, 9.17) is 0 Å². The van der Waals surface area contributed by atoms with Crippen LogP contribution in [0.2, 0.25) is 0 Å². The topological polar surface area (TPSA) is 29.9 Å². The Bertz CT molecular complexity index is 764. The third kappa shape index (κ3) is 3.63. The number of hydrogen-bond donors (Lipinski definition) is 1. The summed E-state index contributed by atoms with van der Waals surface area (Å²) in [5, 5.41) is 3.41. The van der Waals surface area contributed by atoms with Crippen molar-refractivity contribution >= 4 is 0 Å². The van der Waals surface area contributed by atoms with Crippen LogP contribution in [0.3, 0.4) is 0 Å². The maximum atomic E-state index is 13.2. The molecule has 1 aromatic heterocycles. The van der Waals surface area contributed by atoms with Crippen molar-refractivity contribution < 1.29 is 8.78 Å². The van der Waals surface area contributed by atoms with Gasteiger partial charge in [0.2, 0.25) is 0 Å². The number of rotatable bonds is 5. The molecule has 1 heterocycles. The zero-order valence-corrected chi connectivity index (χ0v) is 12.7.